The molecule has 5 nitrogen and oxygen atoms in total. The van der Waals surface area contributed by atoms with Crippen LogP contribution in [0.2, 0.25) is 0 Å². The van der Waals surface area contributed by atoms with Crippen LogP contribution in [0.3, 0.4) is 0 Å². The summed E-state index contributed by atoms with van der Waals surface area (Å²) in [4.78, 5) is 0.221. The summed E-state index contributed by atoms with van der Waals surface area (Å²) >= 11 is 0. The molecule has 0 radical (unpaired) electrons. The van der Waals surface area contributed by atoms with Crippen molar-refractivity contribution in [2.45, 2.75) is 31.3 Å². The zero-order valence-corrected chi connectivity index (χ0v) is 15.0. The van der Waals surface area contributed by atoms with Crippen LogP contribution in [0, 0.1) is 0 Å². The van der Waals surface area contributed by atoms with Crippen molar-refractivity contribution in [3.05, 3.63) is 54.1 Å². The average molecular weight is 349 g/mol. The van der Waals surface area contributed by atoms with E-state index in [9.17, 15) is 8.42 Å². The normalized spacial score (nSPS) is 11.5. The van der Waals surface area contributed by atoms with Crippen LogP contribution in [-0.2, 0) is 16.4 Å². The van der Waals surface area contributed by atoms with Crippen LogP contribution in [0.5, 0.6) is 11.5 Å². The van der Waals surface area contributed by atoms with Gasteiger partial charge < -0.3 is 9.47 Å². The number of benzene rings is 2. The molecular weight excluding hydrogens is 326 g/mol. The number of hydrogen-bond donors (Lipinski definition) is 1. The van der Waals surface area contributed by atoms with Crippen LogP contribution in [0.25, 0.3) is 0 Å². The standard InChI is InChI=1S/C18H23NO4S/c1-14(2)23-16-8-10-17(11-9-16)24(20,21)19-13-12-15-6-4-5-7-18(15)22-3/h4-11,14,19H,12-13H2,1-3H3. The molecule has 0 aliphatic heterocycles. The van der Waals surface area contributed by atoms with Crippen molar-refractivity contribution in [1.82, 2.24) is 4.72 Å². The number of rotatable bonds is 8. The first-order chi connectivity index (χ1) is 11.4. The third-order valence-electron chi connectivity index (χ3n) is 3.38. The van der Waals surface area contributed by atoms with Gasteiger partial charge in [-0.1, -0.05) is 18.2 Å². The van der Waals surface area contributed by atoms with Gasteiger partial charge in [0.15, 0.2) is 0 Å². The molecule has 0 aliphatic carbocycles. The zero-order valence-electron chi connectivity index (χ0n) is 14.2. The summed E-state index contributed by atoms with van der Waals surface area (Å²) < 4.78 is 38.0. The maximum Gasteiger partial charge on any atom is 0.240 e. The van der Waals surface area contributed by atoms with Gasteiger partial charge in [-0.05, 0) is 56.2 Å². The van der Waals surface area contributed by atoms with Gasteiger partial charge in [0.05, 0.1) is 18.1 Å². The van der Waals surface area contributed by atoms with E-state index in [2.05, 4.69) is 4.72 Å². The van der Waals surface area contributed by atoms with Gasteiger partial charge >= 0.3 is 0 Å². The van der Waals surface area contributed by atoms with E-state index in [1.54, 1.807) is 31.4 Å². The molecule has 0 saturated heterocycles. The first kappa shape index (κ1) is 18.3. The molecule has 2 aromatic carbocycles. The van der Waals surface area contributed by atoms with Crippen molar-refractivity contribution >= 4 is 10.0 Å². The summed E-state index contributed by atoms with van der Waals surface area (Å²) in [5.41, 5.74) is 0.961. The second-order valence-corrected chi connectivity index (χ2v) is 7.36. The summed E-state index contributed by atoms with van der Waals surface area (Å²) in [5, 5.41) is 0. The highest BCUT2D eigenvalue weighted by atomic mass is 32.2. The van der Waals surface area contributed by atoms with Gasteiger partial charge in [0.1, 0.15) is 11.5 Å². The van der Waals surface area contributed by atoms with Crippen LogP contribution in [0.15, 0.2) is 53.4 Å². The Balaban J connectivity index is 1.98. The predicted octanol–water partition coefficient (Wildman–Crippen LogP) is 3.00. The van der Waals surface area contributed by atoms with E-state index in [0.29, 0.717) is 18.7 Å². The van der Waals surface area contributed by atoms with Gasteiger partial charge in [-0.3, -0.25) is 0 Å². The predicted molar refractivity (Wildman–Crippen MR) is 94.1 cm³/mol. The van der Waals surface area contributed by atoms with E-state index in [4.69, 9.17) is 9.47 Å². The van der Waals surface area contributed by atoms with Crippen LogP contribution in [-0.4, -0.2) is 28.2 Å². The molecule has 1 N–H and O–H groups in total. The number of sulfonamides is 1. The van der Waals surface area contributed by atoms with E-state index in [1.807, 2.05) is 38.1 Å². The molecule has 0 aliphatic rings. The van der Waals surface area contributed by atoms with Crippen molar-refractivity contribution in [2.24, 2.45) is 0 Å². The van der Waals surface area contributed by atoms with E-state index in [-0.39, 0.29) is 11.0 Å². The highest BCUT2D eigenvalue weighted by Crippen LogP contribution is 2.19. The Morgan fingerprint density at radius 3 is 2.33 bits per heavy atom. The number of para-hydroxylation sites is 1. The lowest BCUT2D eigenvalue weighted by molar-refractivity contribution is 0.242. The van der Waals surface area contributed by atoms with E-state index >= 15 is 0 Å². The quantitative estimate of drug-likeness (QED) is 0.796. The Morgan fingerprint density at radius 2 is 1.71 bits per heavy atom. The van der Waals surface area contributed by atoms with E-state index in [1.165, 1.54) is 0 Å². The Morgan fingerprint density at radius 1 is 1.04 bits per heavy atom. The maximum atomic E-state index is 12.3. The summed E-state index contributed by atoms with van der Waals surface area (Å²) in [6, 6.07) is 14.0. The van der Waals surface area contributed by atoms with Crippen molar-refractivity contribution in [3.63, 3.8) is 0 Å². The second kappa shape index (κ2) is 8.17. The molecule has 0 amide bonds. The van der Waals surface area contributed by atoms with Gasteiger partial charge in [-0.15, -0.1) is 0 Å². The summed E-state index contributed by atoms with van der Waals surface area (Å²) in [7, 11) is -1.94. The molecule has 130 valence electrons. The van der Waals surface area contributed by atoms with Crippen LogP contribution >= 0.6 is 0 Å². The van der Waals surface area contributed by atoms with Crippen molar-refractivity contribution < 1.29 is 17.9 Å². The lowest BCUT2D eigenvalue weighted by Gasteiger charge is -2.11. The molecule has 24 heavy (non-hydrogen) atoms. The smallest absolute Gasteiger partial charge is 0.240 e. The van der Waals surface area contributed by atoms with Crippen LogP contribution in [0.4, 0.5) is 0 Å². The Bertz CT molecular complexity index is 755. The monoisotopic (exact) mass is 349 g/mol. The maximum absolute atomic E-state index is 12.3. The molecule has 2 rings (SSSR count). The van der Waals surface area contributed by atoms with Crippen molar-refractivity contribution in [3.8, 4) is 11.5 Å². The van der Waals surface area contributed by atoms with Gasteiger partial charge in [-0.2, -0.15) is 0 Å². The van der Waals surface area contributed by atoms with Crippen molar-refractivity contribution in [1.29, 1.82) is 0 Å². The topological polar surface area (TPSA) is 64.6 Å². The summed E-state index contributed by atoms with van der Waals surface area (Å²) in [5.74, 6) is 1.41. The Kier molecular flexibility index (Phi) is 6.23. The molecule has 0 aromatic heterocycles. The van der Waals surface area contributed by atoms with Crippen LogP contribution in [0.1, 0.15) is 19.4 Å². The average Bonchev–Trinajstić information content (AvgIpc) is 2.55. The molecule has 0 saturated carbocycles. The molecule has 2 aromatic rings. The molecule has 0 heterocycles. The number of methoxy groups -OCH3 is 1. The fourth-order valence-electron chi connectivity index (χ4n) is 2.28. The summed E-state index contributed by atoms with van der Waals surface area (Å²) in [6.07, 6.45) is 0.601. The highest BCUT2D eigenvalue weighted by Gasteiger charge is 2.14. The molecule has 0 spiro atoms. The minimum atomic E-state index is -3.54. The fourth-order valence-corrected chi connectivity index (χ4v) is 3.31. The minimum Gasteiger partial charge on any atom is -0.496 e. The van der Waals surface area contributed by atoms with E-state index < -0.39 is 10.0 Å². The SMILES string of the molecule is COc1ccccc1CCNS(=O)(=O)c1ccc(OC(C)C)cc1. The first-order valence-electron chi connectivity index (χ1n) is 7.80. The third kappa shape index (κ3) is 4.97. The van der Waals surface area contributed by atoms with Gasteiger partial charge in [0.2, 0.25) is 10.0 Å². The van der Waals surface area contributed by atoms with Gasteiger partial charge in [0.25, 0.3) is 0 Å². The highest BCUT2D eigenvalue weighted by molar-refractivity contribution is 7.89. The largest absolute Gasteiger partial charge is 0.496 e. The molecule has 0 atom stereocenters. The molecule has 0 unspecified atom stereocenters. The Labute approximate surface area is 143 Å². The molecule has 0 fully saturated rings. The summed E-state index contributed by atoms with van der Waals surface area (Å²) in [6.45, 7) is 4.14. The molecular formula is C18H23NO4S. The van der Waals surface area contributed by atoms with E-state index in [0.717, 1.165) is 11.3 Å². The first-order valence-corrected chi connectivity index (χ1v) is 9.29. The van der Waals surface area contributed by atoms with Gasteiger partial charge in [0, 0.05) is 6.54 Å². The number of ether oxygens (including phenoxy) is 2. The van der Waals surface area contributed by atoms with Crippen molar-refractivity contribution in [2.75, 3.05) is 13.7 Å². The van der Waals surface area contributed by atoms with Gasteiger partial charge in [-0.25, -0.2) is 13.1 Å². The Hall–Kier alpha value is -2.05. The second-order valence-electron chi connectivity index (χ2n) is 5.60. The lowest BCUT2D eigenvalue weighted by atomic mass is 10.1. The fraction of sp³-hybridized carbons (Fsp3) is 0.333. The molecule has 0 bridgehead atoms. The number of hydrogen-bond acceptors (Lipinski definition) is 4. The minimum absolute atomic E-state index is 0.0476. The third-order valence-corrected chi connectivity index (χ3v) is 4.86. The lowest BCUT2D eigenvalue weighted by Crippen LogP contribution is -2.26. The number of nitrogens with one attached hydrogen (secondary N) is 1. The molecule has 6 heteroatoms. The van der Waals surface area contributed by atoms with Crippen LogP contribution < -0.4 is 14.2 Å². The zero-order chi connectivity index (χ0) is 17.6.